The van der Waals surface area contributed by atoms with Gasteiger partial charge in [0.05, 0.1) is 4.90 Å². The molecule has 18 heavy (non-hydrogen) atoms. The molecule has 0 atom stereocenters. The van der Waals surface area contributed by atoms with E-state index in [9.17, 15) is 12.8 Å². The molecule has 0 saturated carbocycles. The predicted octanol–water partition coefficient (Wildman–Crippen LogP) is 2.80. The zero-order chi connectivity index (χ0) is 14.0. The molecule has 100 valence electrons. The van der Waals surface area contributed by atoms with Crippen LogP contribution < -0.4 is 0 Å². The van der Waals surface area contributed by atoms with Crippen molar-refractivity contribution in [3.63, 3.8) is 0 Å². The molecule has 0 unspecified atom stereocenters. The van der Waals surface area contributed by atoms with Gasteiger partial charge < -0.3 is 0 Å². The Hall–Kier alpha value is -1.20. The highest BCUT2D eigenvalue weighted by molar-refractivity contribution is 7.89. The van der Waals surface area contributed by atoms with Crippen LogP contribution >= 0.6 is 0 Å². The van der Waals surface area contributed by atoms with Crippen LogP contribution in [0, 0.1) is 5.82 Å². The highest BCUT2D eigenvalue weighted by atomic mass is 32.2. The van der Waals surface area contributed by atoms with Gasteiger partial charge in [-0.15, -0.1) is 6.58 Å². The van der Waals surface area contributed by atoms with Gasteiger partial charge in [-0.25, -0.2) is 12.8 Å². The minimum absolute atomic E-state index is 0.0840. The van der Waals surface area contributed by atoms with Gasteiger partial charge in [0.25, 0.3) is 0 Å². The first kappa shape index (κ1) is 14.9. The molecule has 0 heterocycles. The molecule has 0 saturated heterocycles. The van der Waals surface area contributed by atoms with Crippen molar-refractivity contribution in [2.75, 3.05) is 6.54 Å². The fourth-order valence-electron chi connectivity index (χ4n) is 1.58. The van der Waals surface area contributed by atoms with Crippen molar-refractivity contribution < 1.29 is 12.8 Å². The Kier molecular flexibility index (Phi) is 4.29. The lowest BCUT2D eigenvalue weighted by atomic mass is 10.1. The number of halogens is 1. The van der Waals surface area contributed by atoms with Gasteiger partial charge in [0, 0.05) is 12.1 Å². The quantitative estimate of drug-likeness (QED) is 0.790. The number of hydrogen-bond acceptors (Lipinski definition) is 2. The molecule has 0 aliphatic rings. The van der Waals surface area contributed by atoms with Crippen LogP contribution in [0.2, 0.25) is 0 Å². The van der Waals surface area contributed by atoms with Crippen LogP contribution in [0.3, 0.4) is 0 Å². The molecule has 0 aromatic heterocycles. The Morgan fingerprint density at radius 3 is 2.17 bits per heavy atom. The predicted molar refractivity (Wildman–Crippen MR) is 70.2 cm³/mol. The zero-order valence-corrected chi connectivity index (χ0v) is 11.7. The maximum absolute atomic E-state index is 12.8. The Labute approximate surface area is 108 Å². The van der Waals surface area contributed by atoms with Gasteiger partial charge in [0.15, 0.2) is 0 Å². The third kappa shape index (κ3) is 3.17. The summed E-state index contributed by atoms with van der Waals surface area (Å²) in [7, 11) is -3.64. The van der Waals surface area contributed by atoms with E-state index < -0.39 is 21.4 Å². The van der Waals surface area contributed by atoms with Crippen LogP contribution in [0.25, 0.3) is 0 Å². The highest BCUT2D eigenvalue weighted by Gasteiger charge is 2.32. The summed E-state index contributed by atoms with van der Waals surface area (Å²) in [5.74, 6) is -0.458. The zero-order valence-electron chi connectivity index (χ0n) is 10.9. The van der Waals surface area contributed by atoms with Gasteiger partial charge in [-0.1, -0.05) is 6.08 Å². The van der Waals surface area contributed by atoms with Gasteiger partial charge in [-0.05, 0) is 45.0 Å². The standard InChI is InChI=1S/C13H18FNO2S/c1-5-10-15(13(2,3)4)18(16,17)12-8-6-11(14)7-9-12/h5-9H,1,10H2,2-4H3. The van der Waals surface area contributed by atoms with Crippen molar-refractivity contribution in [3.8, 4) is 0 Å². The van der Waals surface area contributed by atoms with Crippen LogP contribution in [-0.4, -0.2) is 24.8 Å². The fourth-order valence-corrected chi connectivity index (χ4v) is 3.34. The van der Waals surface area contributed by atoms with E-state index in [0.717, 1.165) is 12.1 Å². The molecule has 0 aliphatic heterocycles. The average molecular weight is 271 g/mol. The second kappa shape index (κ2) is 5.20. The Bertz CT molecular complexity index is 515. The van der Waals surface area contributed by atoms with Crippen molar-refractivity contribution in [2.24, 2.45) is 0 Å². The Morgan fingerprint density at radius 1 is 1.28 bits per heavy atom. The molecule has 0 bridgehead atoms. The van der Waals surface area contributed by atoms with E-state index in [4.69, 9.17) is 0 Å². The summed E-state index contributed by atoms with van der Waals surface area (Å²) in [6.07, 6.45) is 1.53. The van der Waals surface area contributed by atoms with Crippen molar-refractivity contribution in [3.05, 3.63) is 42.7 Å². The topological polar surface area (TPSA) is 37.4 Å². The van der Waals surface area contributed by atoms with Gasteiger partial charge in [0.1, 0.15) is 5.82 Å². The van der Waals surface area contributed by atoms with Crippen molar-refractivity contribution in [1.29, 1.82) is 0 Å². The lowest BCUT2D eigenvalue weighted by molar-refractivity contribution is 0.270. The minimum atomic E-state index is -3.64. The van der Waals surface area contributed by atoms with E-state index in [2.05, 4.69) is 6.58 Å². The van der Waals surface area contributed by atoms with E-state index in [1.165, 1.54) is 22.5 Å². The Balaban J connectivity index is 3.25. The lowest BCUT2D eigenvalue weighted by Crippen LogP contribution is -2.45. The minimum Gasteiger partial charge on any atom is -0.207 e. The SMILES string of the molecule is C=CCN(C(C)(C)C)S(=O)(=O)c1ccc(F)cc1. The molecule has 0 radical (unpaired) electrons. The van der Waals surface area contributed by atoms with Crippen LogP contribution in [0.1, 0.15) is 20.8 Å². The second-order valence-electron chi connectivity index (χ2n) is 4.95. The molecule has 0 aliphatic carbocycles. The van der Waals surface area contributed by atoms with E-state index in [0.29, 0.717) is 0 Å². The molecule has 5 heteroatoms. The number of hydrogen-bond donors (Lipinski definition) is 0. The monoisotopic (exact) mass is 271 g/mol. The van der Waals surface area contributed by atoms with Gasteiger partial charge in [-0.2, -0.15) is 4.31 Å². The summed E-state index contributed by atoms with van der Waals surface area (Å²) in [4.78, 5) is 0.0840. The normalized spacial score (nSPS) is 12.7. The molecule has 0 amide bonds. The molecule has 1 aromatic carbocycles. The second-order valence-corrected chi connectivity index (χ2v) is 6.81. The van der Waals surface area contributed by atoms with Crippen LogP contribution in [-0.2, 0) is 10.0 Å². The molecular weight excluding hydrogens is 253 g/mol. The third-order valence-electron chi connectivity index (χ3n) is 2.44. The molecule has 1 aromatic rings. The summed E-state index contributed by atoms with van der Waals surface area (Å²) in [6.45, 7) is 9.19. The van der Waals surface area contributed by atoms with Crippen molar-refractivity contribution in [2.45, 2.75) is 31.2 Å². The largest absolute Gasteiger partial charge is 0.243 e. The molecule has 0 spiro atoms. The van der Waals surface area contributed by atoms with Gasteiger partial charge in [0.2, 0.25) is 10.0 Å². The van der Waals surface area contributed by atoms with Gasteiger partial charge in [-0.3, -0.25) is 0 Å². The summed E-state index contributed by atoms with van der Waals surface area (Å²) < 4.78 is 39.0. The first-order valence-electron chi connectivity index (χ1n) is 5.59. The molecule has 0 N–H and O–H groups in total. The van der Waals surface area contributed by atoms with E-state index in [-0.39, 0.29) is 11.4 Å². The number of benzene rings is 1. The average Bonchev–Trinajstić information content (AvgIpc) is 2.24. The first-order valence-corrected chi connectivity index (χ1v) is 7.03. The summed E-state index contributed by atoms with van der Waals surface area (Å²) >= 11 is 0. The molecule has 3 nitrogen and oxygen atoms in total. The van der Waals surface area contributed by atoms with Crippen LogP contribution in [0.5, 0.6) is 0 Å². The molecular formula is C13H18FNO2S. The van der Waals surface area contributed by atoms with Gasteiger partial charge >= 0.3 is 0 Å². The van der Waals surface area contributed by atoms with E-state index in [1.807, 2.05) is 0 Å². The summed E-state index contributed by atoms with van der Waals surface area (Å²) in [5.41, 5.74) is -0.568. The highest BCUT2D eigenvalue weighted by Crippen LogP contribution is 2.24. The first-order chi connectivity index (χ1) is 8.19. The van der Waals surface area contributed by atoms with E-state index in [1.54, 1.807) is 20.8 Å². The lowest BCUT2D eigenvalue weighted by Gasteiger charge is -2.33. The maximum Gasteiger partial charge on any atom is 0.243 e. The number of rotatable bonds is 4. The summed E-state index contributed by atoms with van der Waals surface area (Å²) in [5, 5.41) is 0. The molecule has 1 rings (SSSR count). The third-order valence-corrected chi connectivity index (χ3v) is 4.59. The smallest absolute Gasteiger partial charge is 0.207 e. The van der Waals surface area contributed by atoms with Crippen molar-refractivity contribution >= 4 is 10.0 Å². The van der Waals surface area contributed by atoms with E-state index >= 15 is 0 Å². The van der Waals surface area contributed by atoms with Crippen LogP contribution in [0.4, 0.5) is 4.39 Å². The number of sulfonamides is 1. The Morgan fingerprint density at radius 2 is 1.78 bits per heavy atom. The number of nitrogens with zero attached hydrogens (tertiary/aromatic N) is 1. The maximum atomic E-state index is 12.8. The van der Waals surface area contributed by atoms with Crippen molar-refractivity contribution in [1.82, 2.24) is 4.31 Å². The molecule has 0 fully saturated rings. The fraction of sp³-hybridized carbons (Fsp3) is 0.385. The van der Waals surface area contributed by atoms with Crippen LogP contribution in [0.15, 0.2) is 41.8 Å². The summed E-state index contributed by atoms with van der Waals surface area (Å²) in [6, 6.07) is 4.82.